The number of rotatable bonds is 4. The summed E-state index contributed by atoms with van der Waals surface area (Å²) in [5.74, 6) is 0.829. The van der Waals surface area contributed by atoms with E-state index in [-0.39, 0.29) is 0 Å². The molecule has 0 radical (unpaired) electrons. The van der Waals surface area contributed by atoms with Crippen molar-refractivity contribution in [2.24, 2.45) is 0 Å². The average molecular weight is 292 g/mol. The number of nitrogens with zero attached hydrogens (tertiary/aromatic N) is 1. The normalized spacial score (nSPS) is 10.7. The van der Waals surface area contributed by atoms with Gasteiger partial charge in [-0.15, -0.1) is 0 Å². The number of fused-ring (bicyclic) bond motifs is 1. The highest BCUT2D eigenvalue weighted by atomic mass is 16.5. The summed E-state index contributed by atoms with van der Waals surface area (Å²) in [7, 11) is 1.67. The van der Waals surface area contributed by atoms with Crippen LogP contribution in [0.2, 0.25) is 0 Å². The fourth-order valence-electron chi connectivity index (χ4n) is 2.52. The summed E-state index contributed by atoms with van der Waals surface area (Å²) in [5, 5.41) is 4.63. The molecule has 0 amide bonds. The number of aryl methyl sites for hydroxylation is 2. The van der Waals surface area contributed by atoms with Crippen molar-refractivity contribution in [1.82, 2.24) is 4.98 Å². The lowest BCUT2D eigenvalue weighted by molar-refractivity contribution is 0.415. The van der Waals surface area contributed by atoms with E-state index < -0.39 is 0 Å². The van der Waals surface area contributed by atoms with Crippen LogP contribution >= 0.6 is 0 Å². The lowest BCUT2D eigenvalue weighted by Crippen LogP contribution is -2.01. The lowest BCUT2D eigenvalue weighted by atomic mass is 10.1. The van der Waals surface area contributed by atoms with Crippen molar-refractivity contribution in [3.63, 3.8) is 0 Å². The van der Waals surface area contributed by atoms with Crippen LogP contribution in [0.3, 0.4) is 0 Å². The lowest BCUT2D eigenvalue weighted by Gasteiger charge is -2.12. The molecule has 0 bridgehead atoms. The molecule has 2 aromatic carbocycles. The monoisotopic (exact) mass is 292 g/mol. The van der Waals surface area contributed by atoms with E-state index in [1.807, 2.05) is 19.1 Å². The molecule has 3 rings (SSSR count). The molecule has 0 aliphatic heterocycles. The Morgan fingerprint density at radius 1 is 1.00 bits per heavy atom. The Bertz CT molecular complexity index is 794. The third-order valence-corrected chi connectivity index (χ3v) is 3.75. The van der Waals surface area contributed by atoms with Gasteiger partial charge >= 0.3 is 0 Å². The van der Waals surface area contributed by atoms with Gasteiger partial charge in [-0.05, 0) is 37.6 Å². The van der Waals surface area contributed by atoms with Gasteiger partial charge in [0.2, 0.25) is 0 Å². The summed E-state index contributed by atoms with van der Waals surface area (Å²) < 4.78 is 5.28. The summed E-state index contributed by atoms with van der Waals surface area (Å²) in [6.07, 6.45) is 0. The first-order valence-corrected chi connectivity index (χ1v) is 7.40. The molecule has 0 aliphatic rings. The first kappa shape index (κ1) is 14.4. The largest absolute Gasteiger partial charge is 0.497 e. The highest BCUT2D eigenvalue weighted by Gasteiger charge is 2.05. The molecule has 1 aromatic heterocycles. The third kappa shape index (κ3) is 3.03. The van der Waals surface area contributed by atoms with Crippen molar-refractivity contribution >= 4 is 16.6 Å². The first-order chi connectivity index (χ1) is 10.7. The van der Waals surface area contributed by atoms with Crippen molar-refractivity contribution < 1.29 is 4.74 Å². The van der Waals surface area contributed by atoms with E-state index in [1.165, 1.54) is 11.1 Å². The van der Waals surface area contributed by atoms with Crippen LogP contribution in [0.25, 0.3) is 10.9 Å². The van der Waals surface area contributed by atoms with E-state index in [0.717, 1.165) is 34.6 Å². The van der Waals surface area contributed by atoms with Gasteiger partial charge in [0.25, 0.3) is 0 Å². The maximum atomic E-state index is 5.28. The number of pyridine rings is 1. The predicted molar refractivity (Wildman–Crippen MR) is 91.5 cm³/mol. The summed E-state index contributed by atoms with van der Waals surface area (Å²) in [6, 6.07) is 16.7. The molecular formula is C19H20N2O. The zero-order valence-corrected chi connectivity index (χ0v) is 13.2. The average Bonchev–Trinajstić information content (AvgIpc) is 2.53. The molecule has 0 spiro atoms. The van der Waals surface area contributed by atoms with Crippen LogP contribution in [0.15, 0.2) is 48.5 Å². The van der Waals surface area contributed by atoms with Crippen LogP contribution in [-0.2, 0) is 6.54 Å². The second-order valence-corrected chi connectivity index (χ2v) is 5.53. The standard InChI is InChI=1S/C19H20N2O/c1-13-4-6-15(7-5-13)12-20-18-10-14(2)21-19-11-16(22-3)8-9-17(18)19/h4-11H,12H2,1-3H3,(H,20,21). The number of nitrogens with one attached hydrogen (secondary N) is 1. The minimum absolute atomic E-state index is 0.796. The molecular weight excluding hydrogens is 272 g/mol. The van der Waals surface area contributed by atoms with Gasteiger partial charge in [0.05, 0.1) is 12.6 Å². The molecule has 3 nitrogen and oxygen atoms in total. The third-order valence-electron chi connectivity index (χ3n) is 3.75. The minimum Gasteiger partial charge on any atom is -0.497 e. The van der Waals surface area contributed by atoms with E-state index in [2.05, 4.69) is 53.6 Å². The zero-order valence-electron chi connectivity index (χ0n) is 13.2. The molecule has 0 atom stereocenters. The number of ether oxygens (including phenoxy) is 1. The van der Waals surface area contributed by atoms with Gasteiger partial charge < -0.3 is 10.1 Å². The van der Waals surface area contributed by atoms with E-state index in [1.54, 1.807) is 7.11 Å². The number of aromatic nitrogens is 1. The Morgan fingerprint density at radius 3 is 2.50 bits per heavy atom. The highest BCUT2D eigenvalue weighted by Crippen LogP contribution is 2.27. The molecule has 0 fully saturated rings. The summed E-state index contributed by atoms with van der Waals surface area (Å²) in [4.78, 5) is 4.59. The molecule has 0 saturated heterocycles. The van der Waals surface area contributed by atoms with Crippen molar-refractivity contribution in [3.8, 4) is 5.75 Å². The van der Waals surface area contributed by atoms with E-state index in [0.29, 0.717) is 0 Å². The van der Waals surface area contributed by atoms with Crippen LogP contribution in [0.5, 0.6) is 5.75 Å². The van der Waals surface area contributed by atoms with E-state index in [9.17, 15) is 0 Å². The highest BCUT2D eigenvalue weighted by molar-refractivity contribution is 5.92. The SMILES string of the molecule is COc1ccc2c(NCc3ccc(C)cc3)cc(C)nc2c1. The first-order valence-electron chi connectivity index (χ1n) is 7.40. The molecule has 22 heavy (non-hydrogen) atoms. The number of hydrogen-bond donors (Lipinski definition) is 1. The fourth-order valence-corrected chi connectivity index (χ4v) is 2.52. The second kappa shape index (κ2) is 6.06. The number of benzene rings is 2. The molecule has 1 N–H and O–H groups in total. The minimum atomic E-state index is 0.796. The van der Waals surface area contributed by atoms with Crippen molar-refractivity contribution in [1.29, 1.82) is 0 Å². The molecule has 0 saturated carbocycles. The second-order valence-electron chi connectivity index (χ2n) is 5.53. The summed E-state index contributed by atoms with van der Waals surface area (Å²) in [6.45, 7) is 4.91. The van der Waals surface area contributed by atoms with Gasteiger partial charge in [0.1, 0.15) is 5.75 Å². The van der Waals surface area contributed by atoms with Gasteiger partial charge in [0, 0.05) is 29.4 Å². The zero-order chi connectivity index (χ0) is 15.5. The molecule has 3 aromatic rings. The van der Waals surface area contributed by atoms with E-state index in [4.69, 9.17) is 4.74 Å². The van der Waals surface area contributed by atoms with Gasteiger partial charge in [-0.25, -0.2) is 0 Å². The molecule has 0 unspecified atom stereocenters. The van der Waals surface area contributed by atoms with Gasteiger partial charge in [-0.1, -0.05) is 29.8 Å². The molecule has 112 valence electrons. The number of anilines is 1. The van der Waals surface area contributed by atoms with Crippen LogP contribution in [0, 0.1) is 13.8 Å². The van der Waals surface area contributed by atoms with E-state index >= 15 is 0 Å². The van der Waals surface area contributed by atoms with Crippen LogP contribution in [0.1, 0.15) is 16.8 Å². The van der Waals surface area contributed by atoms with Crippen molar-refractivity contribution in [2.75, 3.05) is 12.4 Å². The summed E-state index contributed by atoms with van der Waals surface area (Å²) >= 11 is 0. The molecule has 0 aliphatic carbocycles. The van der Waals surface area contributed by atoms with Gasteiger partial charge in [-0.3, -0.25) is 4.98 Å². The Balaban J connectivity index is 1.90. The predicted octanol–water partition coefficient (Wildman–Crippen LogP) is 4.47. The quantitative estimate of drug-likeness (QED) is 0.770. The van der Waals surface area contributed by atoms with Crippen molar-refractivity contribution in [3.05, 3.63) is 65.4 Å². The smallest absolute Gasteiger partial charge is 0.121 e. The van der Waals surface area contributed by atoms with Crippen molar-refractivity contribution in [2.45, 2.75) is 20.4 Å². The Hall–Kier alpha value is -2.55. The van der Waals surface area contributed by atoms with Crippen LogP contribution < -0.4 is 10.1 Å². The Kier molecular flexibility index (Phi) is 3.96. The molecule has 1 heterocycles. The Morgan fingerprint density at radius 2 is 1.77 bits per heavy atom. The maximum absolute atomic E-state index is 5.28. The Labute approximate surface area is 131 Å². The van der Waals surface area contributed by atoms with Crippen LogP contribution in [-0.4, -0.2) is 12.1 Å². The number of hydrogen-bond acceptors (Lipinski definition) is 3. The molecule has 3 heteroatoms. The van der Waals surface area contributed by atoms with Crippen LogP contribution in [0.4, 0.5) is 5.69 Å². The fraction of sp³-hybridized carbons (Fsp3) is 0.211. The van der Waals surface area contributed by atoms with Gasteiger partial charge in [0.15, 0.2) is 0 Å². The maximum Gasteiger partial charge on any atom is 0.121 e. The topological polar surface area (TPSA) is 34.1 Å². The number of methoxy groups -OCH3 is 1. The van der Waals surface area contributed by atoms with Gasteiger partial charge in [-0.2, -0.15) is 0 Å². The summed E-state index contributed by atoms with van der Waals surface area (Å²) in [5.41, 5.74) is 5.59.